The molecule has 6 heteroatoms. The maximum absolute atomic E-state index is 10.9. The molecule has 1 unspecified atom stereocenters. The Balaban J connectivity index is 2.92. The number of halogens is 1. The average Bonchev–Trinajstić information content (AvgIpc) is 2.30. The number of anilines is 1. The molecule has 1 aromatic rings. The number of nitro benzene ring substituents is 1. The number of rotatable bonds is 6. The zero-order chi connectivity index (χ0) is 12.8. The molecule has 0 bridgehead atoms. The van der Waals surface area contributed by atoms with Gasteiger partial charge in [-0.15, -0.1) is 0 Å². The summed E-state index contributed by atoms with van der Waals surface area (Å²) in [6, 6.07) is 5.22. The molecule has 0 radical (unpaired) electrons. The molecule has 0 aromatic heterocycles. The molecule has 0 amide bonds. The monoisotopic (exact) mass is 349 g/mol. The summed E-state index contributed by atoms with van der Waals surface area (Å²) < 4.78 is 0.847. The molecular weight excluding hydrogens is 333 g/mol. The van der Waals surface area contributed by atoms with Crippen LogP contribution in [0, 0.1) is 13.7 Å². The predicted octanol–water partition coefficient (Wildman–Crippen LogP) is 2.74. The highest BCUT2D eigenvalue weighted by Crippen LogP contribution is 2.27. The lowest BCUT2D eigenvalue weighted by molar-refractivity contribution is -0.384. The summed E-state index contributed by atoms with van der Waals surface area (Å²) >= 11 is 2.06. The van der Waals surface area contributed by atoms with Crippen LogP contribution in [0.4, 0.5) is 11.4 Å². The lowest BCUT2D eigenvalue weighted by Crippen LogP contribution is -2.28. The smallest absolute Gasteiger partial charge is 0.293 e. The largest absolute Gasteiger partial charge is 0.375 e. The molecular formula is C11H16IN3O2. The maximum atomic E-state index is 10.9. The summed E-state index contributed by atoms with van der Waals surface area (Å²) in [6.45, 7) is 2.53. The van der Waals surface area contributed by atoms with Crippen molar-refractivity contribution in [3.8, 4) is 0 Å². The van der Waals surface area contributed by atoms with E-state index >= 15 is 0 Å². The van der Waals surface area contributed by atoms with E-state index in [9.17, 15) is 10.1 Å². The van der Waals surface area contributed by atoms with Crippen molar-refractivity contribution >= 4 is 34.0 Å². The van der Waals surface area contributed by atoms with E-state index in [4.69, 9.17) is 5.73 Å². The Hall–Kier alpha value is -0.890. The molecule has 94 valence electrons. The number of nitrogens with zero attached hydrogens (tertiary/aromatic N) is 1. The molecule has 5 nitrogen and oxygen atoms in total. The van der Waals surface area contributed by atoms with E-state index in [0.717, 1.165) is 16.4 Å². The number of hydrogen-bond acceptors (Lipinski definition) is 4. The molecule has 0 aliphatic rings. The Bertz CT molecular complexity index is 398. The minimum Gasteiger partial charge on any atom is -0.375 e. The third-order valence-corrected chi connectivity index (χ3v) is 3.11. The van der Waals surface area contributed by atoms with Crippen LogP contribution >= 0.6 is 22.6 Å². The van der Waals surface area contributed by atoms with Crippen LogP contribution in [-0.2, 0) is 0 Å². The zero-order valence-electron chi connectivity index (χ0n) is 9.65. The normalized spacial score (nSPS) is 12.2. The van der Waals surface area contributed by atoms with Crippen LogP contribution in [-0.4, -0.2) is 17.5 Å². The SMILES string of the molecule is CCCC(CN)Nc1ccc(I)cc1[N+](=O)[O-]. The molecule has 0 fully saturated rings. The predicted molar refractivity (Wildman–Crippen MR) is 77.2 cm³/mol. The molecule has 0 aliphatic heterocycles. The average molecular weight is 349 g/mol. The Kier molecular flexibility index (Phi) is 5.63. The van der Waals surface area contributed by atoms with Crippen LogP contribution in [0.25, 0.3) is 0 Å². The number of hydrogen-bond donors (Lipinski definition) is 2. The van der Waals surface area contributed by atoms with Gasteiger partial charge in [-0.2, -0.15) is 0 Å². The van der Waals surface area contributed by atoms with E-state index in [-0.39, 0.29) is 16.7 Å². The van der Waals surface area contributed by atoms with E-state index in [2.05, 4.69) is 34.8 Å². The molecule has 0 saturated carbocycles. The van der Waals surface area contributed by atoms with Gasteiger partial charge < -0.3 is 11.1 Å². The molecule has 0 saturated heterocycles. The van der Waals surface area contributed by atoms with Gasteiger partial charge >= 0.3 is 0 Å². The second-order valence-electron chi connectivity index (χ2n) is 3.78. The Morgan fingerprint density at radius 1 is 1.59 bits per heavy atom. The van der Waals surface area contributed by atoms with Crippen molar-refractivity contribution in [2.45, 2.75) is 25.8 Å². The molecule has 1 rings (SSSR count). The topological polar surface area (TPSA) is 81.2 Å². The summed E-state index contributed by atoms with van der Waals surface area (Å²) in [4.78, 5) is 10.6. The summed E-state index contributed by atoms with van der Waals surface area (Å²) in [7, 11) is 0. The minimum atomic E-state index is -0.371. The van der Waals surface area contributed by atoms with Crippen molar-refractivity contribution in [1.29, 1.82) is 0 Å². The highest BCUT2D eigenvalue weighted by atomic mass is 127. The number of nitro groups is 1. The van der Waals surface area contributed by atoms with Crippen molar-refractivity contribution in [2.24, 2.45) is 5.73 Å². The van der Waals surface area contributed by atoms with Crippen LogP contribution in [0.5, 0.6) is 0 Å². The van der Waals surface area contributed by atoms with E-state index in [1.54, 1.807) is 12.1 Å². The van der Waals surface area contributed by atoms with E-state index in [0.29, 0.717) is 12.2 Å². The first-order valence-corrected chi connectivity index (χ1v) is 6.57. The van der Waals surface area contributed by atoms with Gasteiger partial charge in [-0.1, -0.05) is 13.3 Å². The minimum absolute atomic E-state index is 0.0822. The summed E-state index contributed by atoms with van der Waals surface area (Å²) in [5.41, 5.74) is 6.27. The zero-order valence-corrected chi connectivity index (χ0v) is 11.8. The van der Waals surface area contributed by atoms with E-state index < -0.39 is 0 Å². The molecule has 0 aliphatic carbocycles. The molecule has 3 N–H and O–H groups in total. The Morgan fingerprint density at radius 3 is 2.82 bits per heavy atom. The fourth-order valence-corrected chi connectivity index (χ4v) is 2.07. The van der Waals surface area contributed by atoms with Gasteiger partial charge in [0.25, 0.3) is 5.69 Å². The van der Waals surface area contributed by atoms with Gasteiger partial charge in [-0.05, 0) is 41.1 Å². The van der Waals surface area contributed by atoms with Crippen LogP contribution in [0.1, 0.15) is 19.8 Å². The quantitative estimate of drug-likeness (QED) is 0.470. The van der Waals surface area contributed by atoms with Crippen LogP contribution < -0.4 is 11.1 Å². The van der Waals surface area contributed by atoms with Gasteiger partial charge in [-0.25, -0.2) is 0 Å². The number of nitrogens with two attached hydrogens (primary N) is 1. The third-order valence-electron chi connectivity index (χ3n) is 2.44. The Labute approximate surface area is 114 Å². The van der Waals surface area contributed by atoms with Crippen LogP contribution in [0.2, 0.25) is 0 Å². The lowest BCUT2D eigenvalue weighted by Gasteiger charge is -2.17. The second-order valence-corrected chi connectivity index (χ2v) is 5.03. The standard InChI is InChI=1S/C11H16IN3O2/c1-2-3-9(7-13)14-10-5-4-8(12)6-11(10)15(16)17/h4-6,9,14H,2-3,7,13H2,1H3. The van der Waals surface area contributed by atoms with Crippen LogP contribution in [0.15, 0.2) is 18.2 Å². The molecule has 1 aromatic carbocycles. The van der Waals surface area contributed by atoms with Crippen molar-refractivity contribution < 1.29 is 4.92 Å². The summed E-state index contributed by atoms with van der Waals surface area (Å²) in [6.07, 6.45) is 1.90. The first-order chi connectivity index (χ1) is 8.08. The van der Waals surface area contributed by atoms with Gasteiger partial charge in [-0.3, -0.25) is 10.1 Å². The van der Waals surface area contributed by atoms with Gasteiger partial charge in [0.1, 0.15) is 5.69 Å². The molecule has 1 atom stereocenters. The van der Waals surface area contributed by atoms with Crippen molar-refractivity contribution in [1.82, 2.24) is 0 Å². The Morgan fingerprint density at radius 2 is 2.29 bits per heavy atom. The van der Waals surface area contributed by atoms with Crippen molar-refractivity contribution in [3.63, 3.8) is 0 Å². The van der Waals surface area contributed by atoms with Gasteiger partial charge in [0.2, 0.25) is 0 Å². The first kappa shape index (κ1) is 14.2. The molecule has 0 heterocycles. The van der Waals surface area contributed by atoms with Gasteiger partial charge in [0.15, 0.2) is 0 Å². The highest BCUT2D eigenvalue weighted by Gasteiger charge is 2.16. The van der Waals surface area contributed by atoms with E-state index in [1.165, 1.54) is 0 Å². The molecule has 0 spiro atoms. The summed E-state index contributed by atoms with van der Waals surface area (Å²) in [5.74, 6) is 0. The van der Waals surface area contributed by atoms with Gasteiger partial charge in [0, 0.05) is 22.2 Å². The third kappa shape index (κ3) is 4.12. The summed E-state index contributed by atoms with van der Waals surface area (Å²) in [5, 5.41) is 14.1. The maximum Gasteiger partial charge on any atom is 0.293 e. The van der Waals surface area contributed by atoms with E-state index in [1.807, 2.05) is 6.07 Å². The van der Waals surface area contributed by atoms with Gasteiger partial charge in [0.05, 0.1) is 4.92 Å². The highest BCUT2D eigenvalue weighted by molar-refractivity contribution is 14.1. The van der Waals surface area contributed by atoms with Crippen LogP contribution in [0.3, 0.4) is 0 Å². The van der Waals surface area contributed by atoms with Crippen molar-refractivity contribution in [3.05, 3.63) is 31.9 Å². The number of nitrogens with one attached hydrogen (secondary N) is 1. The number of benzene rings is 1. The molecule has 17 heavy (non-hydrogen) atoms. The second kappa shape index (κ2) is 6.75. The van der Waals surface area contributed by atoms with Crippen molar-refractivity contribution in [2.75, 3.05) is 11.9 Å². The fraction of sp³-hybridized carbons (Fsp3) is 0.455. The fourth-order valence-electron chi connectivity index (χ4n) is 1.60. The lowest BCUT2D eigenvalue weighted by atomic mass is 10.1. The first-order valence-electron chi connectivity index (χ1n) is 5.49.